The van der Waals surface area contributed by atoms with Crippen molar-refractivity contribution < 1.29 is 9.47 Å². The predicted molar refractivity (Wildman–Crippen MR) is 68.6 cm³/mol. The molecule has 1 aromatic rings. The highest BCUT2D eigenvalue weighted by molar-refractivity contribution is 9.10. The summed E-state index contributed by atoms with van der Waals surface area (Å²) in [6, 6.07) is 5.89. The monoisotopic (exact) mass is 287 g/mol. The standard InChI is InChI=1S/C12H18BrNO2/c1-2-15-7-4-8-16-12-10(9-14)5-3-6-11(12)13/h3,5-6H,2,4,7-9,14H2,1H3. The minimum absolute atomic E-state index is 0.486. The van der Waals surface area contributed by atoms with Gasteiger partial charge in [-0.05, 0) is 28.9 Å². The number of nitrogens with two attached hydrogens (primary N) is 1. The van der Waals surface area contributed by atoms with Crippen molar-refractivity contribution in [1.29, 1.82) is 0 Å². The number of benzene rings is 1. The number of rotatable bonds is 7. The fourth-order valence-electron chi connectivity index (χ4n) is 1.36. The molecule has 0 aliphatic heterocycles. The smallest absolute Gasteiger partial charge is 0.137 e. The summed E-state index contributed by atoms with van der Waals surface area (Å²) < 4.78 is 11.9. The first-order valence-electron chi connectivity index (χ1n) is 5.47. The van der Waals surface area contributed by atoms with Crippen LogP contribution in [-0.2, 0) is 11.3 Å². The molecule has 16 heavy (non-hydrogen) atoms. The SMILES string of the molecule is CCOCCCOc1c(Br)cccc1CN. The summed E-state index contributed by atoms with van der Waals surface area (Å²) >= 11 is 3.46. The first kappa shape index (κ1) is 13.5. The van der Waals surface area contributed by atoms with E-state index in [1.54, 1.807) is 0 Å². The second kappa shape index (κ2) is 7.65. The largest absolute Gasteiger partial charge is 0.492 e. The van der Waals surface area contributed by atoms with Gasteiger partial charge in [0.25, 0.3) is 0 Å². The maximum atomic E-state index is 5.70. The van der Waals surface area contributed by atoms with Gasteiger partial charge in [-0.1, -0.05) is 12.1 Å². The zero-order valence-electron chi connectivity index (χ0n) is 9.54. The van der Waals surface area contributed by atoms with Gasteiger partial charge < -0.3 is 15.2 Å². The Morgan fingerprint density at radius 2 is 2.12 bits per heavy atom. The van der Waals surface area contributed by atoms with Gasteiger partial charge in [-0.3, -0.25) is 0 Å². The van der Waals surface area contributed by atoms with Gasteiger partial charge in [0.2, 0.25) is 0 Å². The van der Waals surface area contributed by atoms with Crippen molar-refractivity contribution in [1.82, 2.24) is 0 Å². The highest BCUT2D eigenvalue weighted by Crippen LogP contribution is 2.28. The van der Waals surface area contributed by atoms with Crippen molar-refractivity contribution in [3.63, 3.8) is 0 Å². The van der Waals surface area contributed by atoms with E-state index in [0.717, 1.165) is 35.4 Å². The van der Waals surface area contributed by atoms with Crippen LogP contribution < -0.4 is 10.5 Å². The molecule has 0 bridgehead atoms. The molecule has 0 saturated heterocycles. The minimum Gasteiger partial charge on any atom is -0.492 e. The molecule has 0 aliphatic carbocycles. The van der Waals surface area contributed by atoms with Gasteiger partial charge in [-0.2, -0.15) is 0 Å². The molecule has 0 unspecified atom stereocenters. The van der Waals surface area contributed by atoms with Gasteiger partial charge in [0.1, 0.15) is 5.75 Å². The van der Waals surface area contributed by atoms with Gasteiger partial charge in [0.15, 0.2) is 0 Å². The number of hydrogen-bond acceptors (Lipinski definition) is 3. The Labute approximate surface area is 105 Å². The normalized spacial score (nSPS) is 10.4. The highest BCUT2D eigenvalue weighted by atomic mass is 79.9. The van der Waals surface area contributed by atoms with Gasteiger partial charge in [0.05, 0.1) is 11.1 Å². The third-order valence-corrected chi connectivity index (χ3v) is 2.78. The molecule has 0 aliphatic rings. The van der Waals surface area contributed by atoms with Crippen LogP contribution in [0.2, 0.25) is 0 Å². The van der Waals surface area contributed by atoms with Gasteiger partial charge in [0, 0.05) is 31.7 Å². The lowest BCUT2D eigenvalue weighted by atomic mass is 10.2. The zero-order chi connectivity index (χ0) is 11.8. The molecule has 3 nitrogen and oxygen atoms in total. The fourth-order valence-corrected chi connectivity index (χ4v) is 1.88. The second-order valence-corrected chi connectivity index (χ2v) is 4.19. The molecule has 90 valence electrons. The first-order chi connectivity index (χ1) is 7.79. The summed E-state index contributed by atoms with van der Waals surface area (Å²) in [5.74, 6) is 0.849. The lowest BCUT2D eigenvalue weighted by Crippen LogP contribution is -2.06. The lowest BCUT2D eigenvalue weighted by Gasteiger charge is -2.12. The Kier molecular flexibility index (Phi) is 6.45. The molecule has 0 spiro atoms. The Hall–Kier alpha value is -0.580. The van der Waals surface area contributed by atoms with Crippen LogP contribution in [-0.4, -0.2) is 19.8 Å². The summed E-state index contributed by atoms with van der Waals surface area (Å²) in [6.45, 7) is 4.61. The summed E-state index contributed by atoms with van der Waals surface area (Å²) in [5.41, 5.74) is 6.67. The number of ether oxygens (including phenoxy) is 2. The Balaban J connectivity index is 2.46. The maximum Gasteiger partial charge on any atom is 0.137 e. The van der Waals surface area contributed by atoms with Crippen LogP contribution in [0.1, 0.15) is 18.9 Å². The van der Waals surface area contributed by atoms with Crippen LogP contribution in [0.3, 0.4) is 0 Å². The molecule has 0 fully saturated rings. The third-order valence-electron chi connectivity index (χ3n) is 2.15. The van der Waals surface area contributed by atoms with E-state index in [9.17, 15) is 0 Å². The van der Waals surface area contributed by atoms with E-state index in [1.165, 1.54) is 0 Å². The number of para-hydroxylation sites is 1. The summed E-state index contributed by atoms with van der Waals surface area (Å²) in [7, 11) is 0. The second-order valence-electron chi connectivity index (χ2n) is 3.33. The Morgan fingerprint density at radius 3 is 2.81 bits per heavy atom. The average molecular weight is 288 g/mol. The van der Waals surface area contributed by atoms with E-state index in [4.69, 9.17) is 15.2 Å². The van der Waals surface area contributed by atoms with Gasteiger partial charge >= 0.3 is 0 Å². The molecule has 0 aromatic heterocycles. The zero-order valence-corrected chi connectivity index (χ0v) is 11.1. The highest BCUT2D eigenvalue weighted by Gasteiger charge is 2.06. The number of hydrogen-bond donors (Lipinski definition) is 1. The maximum absolute atomic E-state index is 5.70. The average Bonchev–Trinajstić information content (AvgIpc) is 2.30. The molecular weight excluding hydrogens is 270 g/mol. The van der Waals surface area contributed by atoms with Crippen LogP contribution in [0, 0.1) is 0 Å². The summed E-state index contributed by atoms with van der Waals surface area (Å²) in [5, 5.41) is 0. The van der Waals surface area contributed by atoms with Gasteiger partial charge in [-0.25, -0.2) is 0 Å². The van der Waals surface area contributed by atoms with Crippen molar-refractivity contribution in [3.05, 3.63) is 28.2 Å². The van der Waals surface area contributed by atoms with Crippen LogP contribution in [0.5, 0.6) is 5.75 Å². The molecule has 1 rings (SSSR count). The summed E-state index contributed by atoms with van der Waals surface area (Å²) in [4.78, 5) is 0. The fraction of sp³-hybridized carbons (Fsp3) is 0.500. The van der Waals surface area contributed by atoms with E-state index in [0.29, 0.717) is 13.2 Å². The molecule has 0 amide bonds. The molecule has 0 saturated carbocycles. The van der Waals surface area contributed by atoms with Gasteiger partial charge in [-0.15, -0.1) is 0 Å². The van der Waals surface area contributed by atoms with Crippen molar-refractivity contribution in [2.75, 3.05) is 19.8 Å². The van der Waals surface area contributed by atoms with Crippen LogP contribution >= 0.6 is 15.9 Å². The third kappa shape index (κ3) is 4.12. The van der Waals surface area contributed by atoms with Crippen molar-refractivity contribution >= 4 is 15.9 Å². The van der Waals surface area contributed by atoms with Crippen LogP contribution in [0.25, 0.3) is 0 Å². The molecule has 1 aromatic carbocycles. The molecule has 4 heteroatoms. The Bertz CT molecular complexity index is 318. The van der Waals surface area contributed by atoms with Crippen molar-refractivity contribution in [3.8, 4) is 5.75 Å². The van der Waals surface area contributed by atoms with E-state index >= 15 is 0 Å². The van der Waals surface area contributed by atoms with Crippen molar-refractivity contribution in [2.45, 2.75) is 19.9 Å². The van der Waals surface area contributed by atoms with E-state index in [1.807, 2.05) is 25.1 Å². The van der Waals surface area contributed by atoms with Crippen molar-refractivity contribution in [2.24, 2.45) is 5.73 Å². The molecule has 0 atom stereocenters. The topological polar surface area (TPSA) is 44.5 Å². The minimum atomic E-state index is 0.486. The molecule has 0 radical (unpaired) electrons. The van der Waals surface area contributed by atoms with Crippen LogP contribution in [0.15, 0.2) is 22.7 Å². The Morgan fingerprint density at radius 1 is 1.31 bits per heavy atom. The predicted octanol–water partition coefficient (Wildman–Crippen LogP) is 2.71. The quantitative estimate of drug-likeness (QED) is 0.785. The van der Waals surface area contributed by atoms with E-state index in [2.05, 4.69) is 15.9 Å². The molecular formula is C12H18BrNO2. The van der Waals surface area contributed by atoms with Crippen LogP contribution in [0.4, 0.5) is 0 Å². The molecule has 2 N–H and O–H groups in total. The number of halogens is 1. The van der Waals surface area contributed by atoms with E-state index in [-0.39, 0.29) is 0 Å². The summed E-state index contributed by atoms with van der Waals surface area (Å²) in [6.07, 6.45) is 0.888. The van der Waals surface area contributed by atoms with E-state index < -0.39 is 0 Å². The lowest BCUT2D eigenvalue weighted by molar-refractivity contribution is 0.130. The first-order valence-corrected chi connectivity index (χ1v) is 6.27. The molecule has 0 heterocycles.